The smallest absolute Gasteiger partial charge is 0.255 e. The molecule has 2 aromatic carbocycles. The van der Waals surface area contributed by atoms with Crippen LogP contribution in [0.5, 0.6) is 0 Å². The lowest BCUT2D eigenvalue weighted by Crippen LogP contribution is -2.38. The second-order valence-corrected chi connectivity index (χ2v) is 8.32. The van der Waals surface area contributed by atoms with Crippen molar-refractivity contribution in [1.29, 1.82) is 0 Å². The number of aromatic nitrogens is 2. The van der Waals surface area contributed by atoms with Crippen molar-refractivity contribution < 1.29 is 14.1 Å². The third-order valence-corrected chi connectivity index (χ3v) is 5.96. The van der Waals surface area contributed by atoms with Crippen LogP contribution in [0.25, 0.3) is 0 Å². The number of carbonyl (C=O) groups is 2. The number of amides is 2. The highest BCUT2D eigenvalue weighted by Gasteiger charge is 2.21. The molecule has 1 aromatic heterocycles. The molecule has 0 bridgehead atoms. The number of anilines is 1. The summed E-state index contributed by atoms with van der Waals surface area (Å²) in [6.07, 6.45) is 0. The van der Waals surface area contributed by atoms with Crippen LogP contribution in [0.1, 0.15) is 29.0 Å². The summed E-state index contributed by atoms with van der Waals surface area (Å²) in [6, 6.07) is 12.2. The van der Waals surface area contributed by atoms with Crippen molar-refractivity contribution in [1.82, 2.24) is 15.0 Å². The minimum atomic E-state index is -0.392. The Morgan fingerprint density at radius 1 is 1.13 bits per heavy atom. The second-order valence-electron chi connectivity index (χ2n) is 6.48. The van der Waals surface area contributed by atoms with Gasteiger partial charge in [0.1, 0.15) is 6.54 Å². The molecular formula is C21H20Cl2N4O3S. The van der Waals surface area contributed by atoms with Gasteiger partial charge in [-0.05, 0) is 38.1 Å². The summed E-state index contributed by atoms with van der Waals surface area (Å²) < 4.78 is 5.13. The molecular weight excluding hydrogens is 459 g/mol. The van der Waals surface area contributed by atoms with Crippen molar-refractivity contribution >= 4 is 52.5 Å². The molecule has 0 aliphatic carbocycles. The van der Waals surface area contributed by atoms with Gasteiger partial charge in [0.25, 0.3) is 5.91 Å². The highest BCUT2D eigenvalue weighted by Crippen LogP contribution is 2.30. The molecule has 0 radical (unpaired) electrons. The van der Waals surface area contributed by atoms with Gasteiger partial charge in [0, 0.05) is 11.4 Å². The Bertz CT molecular complexity index is 1070. The minimum absolute atomic E-state index is 0.140. The van der Waals surface area contributed by atoms with E-state index >= 15 is 0 Å². The molecule has 0 aliphatic heterocycles. The van der Waals surface area contributed by atoms with E-state index < -0.39 is 5.91 Å². The first-order valence-corrected chi connectivity index (χ1v) is 11.2. The predicted molar refractivity (Wildman–Crippen MR) is 122 cm³/mol. The van der Waals surface area contributed by atoms with E-state index in [9.17, 15) is 9.59 Å². The fraction of sp³-hybridized carbons (Fsp3) is 0.238. The topological polar surface area (TPSA) is 88.3 Å². The molecule has 0 saturated heterocycles. The number of nitrogens with one attached hydrogen (secondary N) is 1. The average Bonchev–Trinajstić information content (AvgIpc) is 3.18. The number of hydrogen-bond acceptors (Lipinski definition) is 6. The van der Waals surface area contributed by atoms with Crippen molar-refractivity contribution in [3.63, 3.8) is 0 Å². The fourth-order valence-corrected chi connectivity index (χ4v) is 4.15. The van der Waals surface area contributed by atoms with Gasteiger partial charge in [0.2, 0.25) is 11.8 Å². The normalized spacial score (nSPS) is 10.7. The molecule has 1 heterocycles. The zero-order valence-corrected chi connectivity index (χ0v) is 19.2. The predicted octanol–water partition coefficient (Wildman–Crippen LogP) is 5.08. The Morgan fingerprint density at radius 3 is 2.48 bits per heavy atom. The highest BCUT2D eigenvalue weighted by molar-refractivity contribution is 7.98. The monoisotopic (exact) mass is 478 g/mol. The lowest BCUT2D eigenvalue weighted by atomic mass is 10.2. The number of benzene rings is 2. The molecule has 0 spiro atoms. The maximum absolute atomic E-state index is 13.2. The van der Waals surface area contributed by atoms with Gasteiger partial charge in [0.15, 0.2) is 5.82 Å². The zero-order valence-electron chi connectivity index (χ0n) is 16.9. The largest absolute Gasteiger partial charge is 0.338 e. The zero-order chi connectivity index (χ0) is 22.4. The maximum Gasteiger partial charge on any atom is 0.255 e. The first kappa shape index (κ1) is 23.1. The van der Waals surface area contributed by atoms with E-state index in [2.05, 4.69) is 15.5 Å². The SMILES string of the molecule is CCN(CC(=O)Nc1c(Cl)cccc1Cl)C(=O)c1ccccc1SCc1nc(C)no1. The first-order valence-electron chi connectivity index (χ1n) is 9.43. The summed E-state index contributed by atoms with van der Waals surface area (Å²) >= 11 is 13.6. The Labute approximate surface area is 194 Å². The Hall–Kier alpha value is -2.55. The highest BCUT2D eigenvalue weighted by atomic mass is 35.5. The molecule has 31 heavy (non-hydrogen) atoms. The molecule has 162 valence electrons. The van der Waals surface area contributed by atoms with Crippen molar-refractivity contribution in [3.8, 4) is 0 Å². The van der Waals surface area contributed by atoms with Crippen molar-refractivity contribution in [3.05, 3.63) is 69.8 Å². The van der Waals surface area contributed by atoms with Gasteiger partial charge in [-0.2, -0.15) is 4.98 Å². The number of nitrogens with zero attached hydrogens (tertiary/aromatic N) is 3. The molecule has 1 N–H and O–H groups in total. The number of likely N-dealkylation sites (N-methyl/N-ethyl adjacent to an activating group) is 1. The number of hydrogen-bond donors (Lipinski definition) is 1. The molecule has 2 amide bonds. The van der Waals surface area contributed by atoms with Gasteiger partial charge in [-0.15, -0.1) is 11.8 Å². The Kier molecular flexibility index (Phi) is 7.95. The van der Waals surface area contributed by atoms with Gasteiger partial charge in [0.05, 0.1) is 27.0 Å². The number of halogens is 2. The van der Waals surface area contributed by atoms with E-state index in [1.165, 1.54) is 16.7 Å². The van der Waals surface area contributed by atoms with Crippen LogP contribution in [-0.2, 0) is 10.5 Å². The van der Waals surface area contributed by atoms with Crippen molar-refractivity contribution in [2.24, 2.45) is 0 Å². The molecule has 3 aromatic rings. The second kappa shape index (κ2) is 10.7. The van der Waals surface area contributed by atoms with Gasteiger partial charge in [-0.25, -0.2) is 0 Å². The summed E-state index contributed by atoms with van der Waals surface area (Å²) in [6.45, 7) is 3.77. The van der Waals surface area contributed by atoms with Crippen LogP contribution in [0.3, 0.4) is 0 Å². The van der Waals surface area contributed by atoms with Gasteiger partial charge < -0.3 is 14.7 Å². The quantitative estimate of drug-likeness (QED) is 0.454. The van der Waals surface area contributed by atoms with E-state index in [1.807, 2.05) is 19.1 Å². The van der Waals surface area contributed by atoms with Crippen LogP contribution in [0, 0.1) is 6.92 Å². The number of para-hydroxylation sites is 1. The van der Waals surface area contributed by atoms with Crippen LogP contribution in [0.15, 0.2) is 51.9 Å². The lowest BCUT2D eigenvalue weighted by molar-refractivity contribution is -0.116. The molecule has 0 aliphatic rings. The molecule has 0 saturated carbocycles. The first-order chi connectivity index (χ1) is 14.9. The molecule has 7 nitrogen and oxygen atoms in total. The summed E-state index contributed by atoms with van der Waals surface area (Å²) in [4.78, 5) is 32.1. The summed E-state index contributed by atoms with van der Waals surface area (Å²) in [7, 11) is 0. The van der Waals surface area contributed by atoms with Crippen LogP contribution < -0.4 is 5.32 Å². The molecule has 0 unspecified atom stereocenters. The molecule has 0 fully saturated rings. The summed E-state index contributed by atoms with van der Waals surface area (Å²) in [5.41, 5.74) is 0.819. The van der Waals surface area contributed by atoms with E-state index in [-0.39, 0.29) is 12.5 Å². The van der Waals surface area contributed by atoms with Crippen LogP contribution in [0.4, 0.5) is 5.69 Å². The third-order valence-electron chi connectivity index (χ3n) is 4.27. The van der Waals surface area contributed by atoms with Crippen LogP contribution in [-0.4, -0.2) is 39.9 Å². The van der Waals surface area contributed by atoms with Crippen molar-refractivity contribution in [2.45, 2.75) is 24.5 Å². The van der Waals surface area contributed by atoms with Crippen molar-refractivity contribution in [2.75, 3.05) is 18.4 Å². The standard InChI is InChI=1S/C21H20Cl2N4O3S/c1-3-27(11-18(28)25-20-15(22)8-6-9-16(20)23)21(29)14-7-4-5-10-17(14)31-12-19-24-13(2)26-30-19/h4-10H,3,11-12H2,1-2H3,(H,25,28). The lowest BCUT2D eigenvalue weighted by Gasteiger charge is -2.22. The molecule has 10 heteroatoms. The fourth-order valence-electron chi connectivity index (χ4n) is 2.77. The van der Waals surface area contributed by atoms with Crippen LogP contribution in [0.2, 0.25) is 10.0 Å². The third kappa shape index (κ3) is 6.00. The van der Waals surface area contributed by atoms with E-state index in [1.54, 1.807) is 37.3 Å². The Morgan fingerprint density at radius 2 is 1.84 bits per heavy atom. The molecule has 3 rings (SSSR count). The number of aryl methyl sites for hydroxylation is 1. The van der Waals surface area contributed by atoms with Crippen LogP contribution >= 0.6 is 35.0 Å². The number of rotatable bonds is 8. The van der Waals surface area contributed by atoms with E-state index in [0.717, 1.165) is 4.90 Å². The van der Waals surface area contributed by atoms with Gasteiger partial charge in [-0.1, -0.05) is 46.6 Å². The maximum atomic E-state index is 13.2. The van der Waals surface area contributed by atoms with Gasteiger partial charge in [-0.3, -0.25) is 9.59 Å². The minimum Gasteiger partial charge on any atom is -0.338 e. The summed E-state index contributed by atoms with van der Waals surface area (Å²) in [5, 5.41) is 7.11. The number of carbonyl (C=O) groups excluding carboxylic acids is 2. The number of thioether (sulfide) groups is 1. The average molecular weight is 479 g/mol. The summed E-state index contributed by atoms with van der Waals surface area (Å²) in [5.74, 6) is 0.821. The van der Waals surface area contributed by atoms with E-state index in [0.29, 0.717) is 45.3 Å². The van der Waals surface area contributed by atoms with Gasteiger partial charge >= 0.3 is 0 Å². The van der Waals surface area contributed by atoms with E-state index in [4.69, 9.17) is 27.7 Å². The molecule has 0 atom stereocenters. The Balaban J connectivity index is 1.70.